The first-order valence-electron chi connectivity index (χ1n) is 10.7. The van der Waals surface area contributed by atoms with Crippen LogP contribution in [-0.4, -0.2) is 32.0 Å². The predicted molar refractivity (Wildman–Crippen MR) is 126 cm³/mol. The van der Waals surface area contributed by atoms with E-state index in [1.165, 1.54) is 17.3 Å². The summed E-state index contributed by atoms with van der Waals surface area (Å²) in [6.07, 6.45) is 2.51. The van der Waals surface area contributed by atoms with E-state index < -0.39 is 0 Å². The van der Waals surface area contributed by atoms with Gasteiger partial charge < -0.3 is 9.32 Å². The van der Waals surface area contributed by atoms with Crippen LogP contribution in [0.3, 0.4) is 0 Å². The summed E-state index contributed by atoms with van der Waals surface area (Å²) in [6.45, 7) is 4.63. The smallest absolute Gasteiger partial charge is 0.240 e. The summed E-state index contributed by atoms with van der Waals surface area (Å²) in [7, 11) is 0. The fourth-order valence-electron chi connectivity index (χ4n) is 4.18. The van der Waals surface area contributed by atoms with Gasteiger partial charge in [-0.2, -0.15) is 0 Å². The van der Waals surface area contributed by atoms with E-state index in [0.717, 1.165) is 17.7 Å². The predicted octanol–water partition coefficient (Wildman–Crippen LogP) is 5.04. The Balaban J connectivity index is 1.43. The molecule has 0 fully saturated rings. The number of rotatable bonds is 6. The molecule has 5 rings (SSSR count). The molecule has 0 bridgehead atoms. The molecule has 0 spiro atoms. The Morgan fingerprint density at radius 3 is 2.66 bits per heavy atom. The molecule has 0 radical (unpaired) electrons. The van der Waals surface area contributed by atoms with Crippen LogP contribution in [0.15, 0.2) is 82.6 Å². The Bertz CT molecular complexity index is 1220. The lowest BCUT2D eigenvalue weighted by Gasteiger charge is -2.25. The van der Waals surface area contributed by atoms with E-state index in [1.54, 1.807) is 6.26 Å². The lowest BCUT2D eigenvalue weighted by molar-refractivity contribution is -0.118. The molecule has 1 amide bonds. The van der Waals surface area contributed by atoms with Crippen molar-refractivity contribution in [1.29, 1.82) is 0 Å². The monoisotopic (exact) mass is 444 g/mol. The maximum Gasteiger partial charge on any atom is 0.240 e. The average molecular weight is 445 g/mol. The maximum atomic E-state index is 13.5. The van der Waals surface area contributed by atoms with Crippen LogP contribution in [0.1, 0.15) is 25.0 Å². The molecule has 1 aliphatic heterocycles. The SMILES string of the molecule is CC(Sc1nnc(-c2ccco2)n1Cc1ccccc1)C(=O)N1c2ccccc2CC1C. The maximum absolute atomic E-state index is 13.5. The third-order valence-electron chi connectivity index (χ3n) is 5.72. The van der Waals surface area contributed by atoms with E-state index in [1.807, 2.05) is 64.9 Å². The molecule has 2 unspecified atom stereocenters. The van der Waals surface area contributed by atoms with E-state index in [2.05, 4.69) is 35.3 Å². The second-order valence-corrected chi connectivity index (χ2v) is 9.31. The fraction of sp³-hybridized carbons (Fsp3) is 0.240. The molecule has 0 saturated carbocycles. The van der Waals surface area contributed by atoms with E-state index in [4.69, 9.17) is 4.42 Å². The number of furan rings is 1. The standard InChI is InChI=1S/C25H24N4O2S/c1-17-15-20-11-6-7-12-21(20)29(17)24(30)18(2)32-25-27-26-23(22-13-8-14-31-22)28(25)16-19-9-4-3-5-10-19/h3-14,17-18H,15-16H2,1-2H3. The third kappa shape index (κ3) is 3.84. The van der Waals surface area contributed by atoms with Gasteiger partial charge in [-0.3, -0.25) is 9.36 Å². The summed E-state index contributed by atoms with van der Waals surface area (Å²) in [6, 6.07) is 22.1. The molecule has 162 valence electrons. The number of hydrogen-bond donors (Lipinski definition) is 0. The fourth-order valence-corrected chi connectivity index (χ4v) is 5.08. The highest BCUT2D eigenvalue weighted by molar-refractivity contribution is 8.00. The van der Waals surface area contributed by atoms with E-state index >= 15 is 0 Å². The van der Waals surface area contributed by atoms with Gasteiger partial charge in [0.15, 0.2) is 10.9 Å². The third-order valence-corrected chi connectivity index (χ3v) is 6.78. The number of aromatic nitrogens is 3. The molecule has 4 aromatic rings. The number of para-hydroxylation sites is 1. The van der Waals surface area contributed by atoms with Crippen molar-refractivity contribution in [2.24, 2.45) is 0 Å². The quantitative estimate of drug-likeness (QED) is 0.390. The van der Waals surface area contributed by atoms with Gasteiger partial charge >= 0.3 is 0 Å². The normalized spacial score (nSPS) is 16.2. The first-order chi connectivity index (χ1) is 15.6. The number of amides is 1. The van der Waals surface area contributed by atoms with Gasteiger partial charge in [0.2, 0.25) is 11.7 Å². The molecular weight excluding hydrogens is 420 g/mol. The van der Waals surface area contributed by atoms with Gasteiger partial charge in [-0.1, -0.05) is 60.3 Å². The van der Waals surface area contributed by atoms with Crippen LogP contribution < -0.4 is 4.90 Å². The minimum absolute atomic E-state index is 0.0845. The van der Waals surface area contributed by atoms with Gasteiger partial charge in [0.25, 0.3) is 0 Å². The number of thioether (sulfide) groups is 1. The number of fused-ring (bicyclic) bond motifs is 1. The second-order valence-electron chi connectivity index (χ2n) is 8.01. The minimum Gasteiger partial charge on any atom is -0.461 e. The van der Waals surface area contributed by atoms with E-state index in [-0.39, 0.29) is 17.2 Å². The molecule has 3 heterocycles. The molecule has 32 heavy (non-hydrogen) atoms. The molecule has 0 saturated heterocycles. The summed E-state index contributed by atoms with van der Waals surface area (Å²) < 4.78 is 7.61. The van der Waals surface area contributed by atoms with Crippen LogP contribution in [0.2, 0.25) is 0 Å². The number of carbonyl (C=O) groups excluding carboxylic acids is 1. The highest BCUT2D eigenvalue weighted by Crippen LogP contribution is 2.35. The summed E-state index contributed by atoms with van der Waals surface area (Å²) in [4.78, 5) is 15.4. The van der Waals surface area contributed by atoms with Crippen LogP contribution in [0.25, 0.3) is 11.6 Å². The molecule has 0 N–H and O–H groups in total. The van der Waals surface area contributed by atoms with Crippen LogP contribution >= 0.6 is 11.8 Å². The van der Waals surface area contributed by atoms with Crippen LogP contribution in [0.5, 0.6) is 0 Å². The largest absolute Gasteiger partial charge is 0.461 e. The van der Waals surface area contributed by atoms with Crippen LogP contribution in [0.4, 0.5) is 5.69 Å². The molecule has 2 atom stereocenters. The lowest BCUT2D eigenvalue weighted by Crippen LogP contribution is -2.40. The highest BCUT2D eigenvalue weighted by atomic mass is 32.2. The Kier molecular flexibility index (Phi) is 5.57. The number of benzene rings is 2. The van der Waals surface area contributed by atoms with Crippen molar-refractivity contribution in [3.63, 3.8) is 0 Å². The lowest BCUT2D eigenvalue weighted by atomic mass is 10.1. The van der Waals surface area contributed by atoms with Gasteiger partial charge in [-0.25, -0.2) is 0 Å². The van der Waals surface area contributed by atoms with Crippen molar-refractivity contribution in [3.8, 4) is 11.6 Å². The molecule has 2 aromatic heterocycles. The van der Waals surface area contributed by atoms with Gasteiger partial charge in [0, 0.05) is 11.7 Å². The Hall–Kier alpha value is -3.32. The van der Waals surface area contributed by atoms with Crippen molar-refractivity contribution in [2.45, 2.75) is 43.3 Å². The first-order valence-corrected chi connectivity index (χ1v) is 11.6. The zero-order valence-corrected chi connectivity index (χ0v) is 18.8. The van der Waals surface area contributed by atoms with Gasteiger partial charge in [-0.15, -0.1) is 10.2 Å². The summed E-state index contributed by atoms with van der Waals surface area (Å²) in [5.74, 6) is 1.39. The summed E-state index contributed by atoms with van der Waals surface area (Å²) in [5.41, 5.74) is 3.36. The molecule has 2 aromatic carbocycles. The zero-order chi connectivity index (χ0) is 22.1. The van der Waals surface area contributed by atoms with Crippen LogP contribution in [0, 0.1) is 0 Å². The molecule has 6 nitrogen and oxygen atoms in total. The van der Waals surface area contributed by atoms with Crippen molar-refractivity contribution in [2.75, 3.05) is 4.90 Å². The minimum atomic E-state index is -0.313. The summed E-state index contributed by atoms with van der Waals surface area (Å²) in [5, 5.41) is 9.20. The Morgan fingerprint density at radius 2 is 1.88 bits per heavy atom. The number of carbonyl (C=O) groups is 1. The topological polar surface area (TPSA) is 64.2 Å². The summed E-state index contributed by atoms with van der Waals surface area (Å²) >= 11 is 1.44. The molecular formula is C25H24N4O2S. The number of nitrogens with zero attached hydrogens (tertiary/aromatic N) is 4. The number of hydrogen-bond acceptors (Lipinski definition) is 5. The average Bonchev–Trinajstić information content (AvgIpc) is 3.53. The van der Waals surface area contributed by atoms with Gasteiger partial charge in [0.1, 0.15) is 0 Å². The van der Waals surface area contributed by atoms with Crippen molar-refractivity contribution in [1.82, 2.24) is 14.8 Å². The molecule has 7 heteroatoms. The van der Waals surface area contributed by atoms with E-state index in [9.17, 15) is 4.79 Å². The van der Waals surface area contributed by atoms with Crippen LogP contribution in [-0.2, 0) is 17.8 Å². The van der Waals surface area contributed by atoms with Crippen molar-refractivity contribution >= 4 is 23.4 Å². The molecule has 0 aliphatic carbocycles. The molecule has 1 aliphatic rings. The Labute approximate surface area is 191 Å². The second kappa shape index (κ2) is 8.67. The van der Waals surface area contributed by atoms with Gasteiger partial charge in [-0.05, 0) is 49.6 Å². The van der Waals surface area contributed by atoms with Crippen molar-refractivity contribution < 1.29 is 9.21 Å². The Morgan fingerprint density at radius 1 is 1.09 bits per heavy atom. The number of anilines is 1. The van der Waals surface area contributed by atoms with Gasteiger partial charge in [0.05, 0.1) is 18.1 Å². The first kappa shape index (κ1) is 20.6. The van der Waals surface area contributed by atoms with E-state index in [0.29, 0.717) is 23.3 Å². The zero-order valence-electron chi connectivity index (χ0n) is 18.0. The van der Waals surface area contributed by atoms with Crippen molar-refractivity contribution in [3.05, 3.63) is 84.1 Å². The highest BCUT2D eigenvalue weighted by Gasteiger charge is 2.34.